The van der Waals surface area contributed by atoms with Gasteiger partial charge in [0.1, 0.15) is 11.8 Å². The summed E-state index contributed by atoms with van der Waals surface area (Å²) in [5.41, 5.74) is 23.3. The van der Waals surface area contributed by atoms with E-state index in [0.717, 1.165) is 88.3 Å². The molecule has 5 heteroatoms. The third-order valence-corrected chi connectivity index (χ3v) is 14.3. The van der Waals surface area contributed by atoms with Crippen molar-refractivity contribution in [1.82, 2.24) is 0 Å². The summed E-state index contributed by atoms with van der Waals surface area (Å²) in [7, 11) is 0. The fraction of sp³-hybridized carbons (Fsp3) is 0.469. The molecule has 2 aromatic rings. The van der Waals surface area contributed by atoms with E-state index >= 15 is 0 Å². The number of nitriles is 3. The molecule has 5 nitrogen and oxygen atoms in total. The van der Waals surface area contributed by atoms with Crippen LogP contribution in [0.4, 0.5) is 0 Å². The van der Waals surface area contributed by atoms with E-state index in [2.05, 4.69) is 79.3 Å². The second-order valence-electron chi connectivity index (χ2n) is 18.8. The van der Waals surface area contributed by atoms with Gasteiger partial charge in [0.25, 0.3) is 0 Å². The van der Waals surface area contributed by atoms with Crippen LogP contribution in [0.2, 0.25) is 0 Å². The van der Waals surface area contributed by atoms with Gasteiger partial charge in [0.2, 0.25) is 0 Å². The number of fused-ring (bicyclic) bond motifs is 2. The lowest BCUT2D eigenvalue weighted by Gasteiger charge is -2.35. The average molecular weight is 923 g/mol. The molecule has 2 fully saturated rings. The first kappa shape index (κ1) is 57.2. The Morgan fingerprint density at radius 1 is 0.667 bits per heavy atom. The van der Waals surface area contributed by atoms with Crippen LogP contribution < -0.4 is 5.73 Å². The molecule has 364 valence electrons. The van der Waals surface area contributed by atoms with Gasteiger partial charge in [-0.2, -0.15) is 15.8 Å². The second-order valence-corrected chi connectivity index (χ2v) is 18.8. The normalized spacial score (nSPS) is 25.2. The summed E-state index contributed by atoms with van der Waals surface area (Å²) in [5.74, 6) is 3.74. The molecule has 0 spiro atoms. The van der Waals surface area contributed by atoms with Crippen molar-refractivity contribution < 1.29 is 4.79 Å². The maximum atomic E-state index is 13.4. The number of hydrogen-bond acceptors (Lipinski definition) is 5. The van der Waals surface area contributed by atoms with Crippen LogP contribution in [0.15, 0.2) is 137 Å². The molecule has 0 saturated heterocycles. The first-order valence-corrected chi connectivity index (χ1v) is 26.2. The summed E-state index contributed by atoms with van der Waals surface area (Å²) >= 11 is 0. The molecule has 1 unspecified atom stereocenters. The Bertz CT molecular complexity index is 2440. The molecule has 0 aliphatic heterocycles. The molecule has 7 rings (SSSR count). The van der Waals surface area contributed by atoms with E-state index in [1.54, 1.807) is 12.1 Å². The molecule has 0 aromatic heterocycles. The summed E-state index contributed by atoms with van der Waals surface area (Å²) in [6.45, 7) is 23.2. The predicted molar refractivity (Wildman–Crippen MR) is 292 cm³/mol. The van der Waals surface area contributed by atoms with Crippen LogP contribution in [-0.4, -0.2) is 5.78 Å². The summed E-state index contributed by atoms with van der Waals surface area (Å²) in [5, 5.41) is 26.8. The lowest BCUT2D eigenvalue weighted by atomic mass is 9.71. The van der Waals surface area contributed by atoms with Gasteiger partial charge < -0.3 is 5.73 Å². The number of carbonyl (C=O) groups excluding carboxylic acids is 1. The lowest BCUT2D eigenvalue weighted by Crippen LogP contribution is -2.23. The second kappa shape index (κ2) is 31.1. The van der Waals surface area contributed by atoms with Gasteiger partial charge in [-0.1, -0.05) is 194 Å². The molecule has 0 amide bonds. The van der Waals surface area contributed by atoms with Crippen LogP contribution in [0, 0.1) is 63.6 Å². The molecular formula is C64H82N4O. The van der Waals surface area contributed by atoms with E-state index in [0.29, 0.717) is 22.6 Å². The van der Waals surface area contributed by atoms with Crippen LogP contribution in [0.25, 0.3) is 16.7 Å². The molecular weight excluding hydrogens is 841 g/mol. The molecule has 5 aliphatic carbocycles. The minimum atomic E-state index is 0.0152. The number of rotatable bonds is 5. The van der Waals surface area contributed by atoms with Gasteiger partial charge in [-0.3, -0.25) is 4.79 Å². The Labute approximate surface area is 418 Å². The summed E-state index contributed by atoms with van der Waals surface area (Å²) in [4.78, 5) is 13.4. The Morgan fingerprint density at radius 2 is 1.14 bits per heavy atom. The zero-order valence-corrected chi connectivity index (χ0v) is 43.7. The minimum Gasteiger partial charge on any atom is -0.390 e. The maximum absolute atomic E-state index is 13.4. The zero-order chi connectivity index (χ0) is 50.7. The van der Waals surface area contributed by atoms with Gasteiger partial charge in [-0.25, -0.2) is 0 Å². The molecule has 0 radical (unpaired) electrons. The van der Waals surface area contributed by atoms with Crippen molar-refractivity contribution in [3.05, 3.63) is 159 Å². The van der Waals surface area contributed by atoms with Crippen LogP contribution in [0.5, 0.6) is 0 Å². The standard InChI is InChI=1S/C50H57N3O.C8H10.C2H3N.2C2H6/c1-33(31-51)48-42-26-4-3-25-41(42)34(2)45(48)29-35-13-7-17-37(18-8-14-35)39-21-11-23-40(24-12-22-39)38-19-9-15-36(16-10-20-38)30-46-49(47(53)32-52)43-27-5-6-28-44(43)50(46)54;1-4-5-6-7-8(2)3;1-2-3;2*1-2/h3-6,13,25-30,36-40H,2,7-12,14-24,53H2,1H3;6-7H,1H2,2-3H3;1H3;2*1-2H3/b35-13+,45-29+,46-30-,48-33-,49-47+;;;;. The molecule has 0 bridgehead atoms. The number of nitrogens with zero attached hydrogens (tertiary/aromatic N) is 3. The number of nitrogens with two attached hydrogens (primary N) is 1. The molecule has 2 saturated carbocycles. The van der Waals surface area contributed by atoms with Gasteiger partial charge >= 0.3 is 0 Å². The molecule has 0 heterocycles. The van der Waals surface area contributed by atoms with Crippen LogP contribution >= 0.6 is 0 Å². The fourth-order valence-electron chi connectivity index (χ4n) is 11.1. The average Bonchev–Trinajstić information content (AvgIpc) is 3.78. The Kier molecular flexibility index (Phi) is 25.8. The molecule has 69 heavy (non-hydrogen) atoms. The van der Waals surface area contributed by atoms with E-state index < -0.39 is 0 Å². The third-order valence-electron chi connectivity index (χ3n) is 14.3. The Hall–Kier alpha value is -6.14. The number of carbonyl (C=O) groups is 1. The van der Waals surface area contributed by atoms with E-state index in [4.69, 9.17) is 11.0 Å². The number of ketones is 1. The predicted octanol–water partition coefficient (Wildman–Crippen LogP) is 17.7. The highest BCUT2D eigenvalue weighted by Gasteiger charge is 2.34. The SMILES string of the molecule is C=C1C(=C\C2=C\CCC(C3CCCC(C4CCCC(/C=C5\C(=O)c6ccccc6\C5=C(/N)C#N)CCC4)CCC3)CCC2)/C(=C(/C)C#N)c2ccccc21.C=C=C=CC=C(C)C.CC.CC.CC#N. The highest BCUT2D eigenvalue weighted by Crippen LogP contribution is 2.47. The number of benzene rings is 2. The van der Waals surface area contributed by atoms with Crippen molar-refractivity contribution in [3.8, 4) is 18.2 Å². The summed E-state index contributed by atoms with van der Waals surface area (Å²) in [6.07, 6.45) is 32.4. The summed E-state index contributed by atoms with van der Waals surface area (Å²) < 4.78 is 0. The van der Waals surface area contributed by atoms with Crippen molar-refractivity contribution in [2.75, 3.05) is 0 Å². The van der Waals surface area contributed by atoms with Gasteiger partial charge in [0, 0.05) is 34.8 Å². The van der Waals surface area contributed by atoms with Gasteiger partial charge in [0.05, 0.1) is 12.1 Å². The van der Waals surface area contributed by atoms with E-state index in [1.807, 2.05) is 78.8 Å². The molecule has 2 aromatic carbocycles. The van der Waals surface area contributed by atoms with Crippen molar-refractivity contribution in [2.24, 2.45) is 35.3 Å². The van der Waals surface area contributed by atoms with Crippen molar-refractivity contribution in [1.29, 1.82) is 15.8 Å². The highest BCUT2D eigenvalue weighted by atomic mass is 16.1. The van der Waals surface area contributed by atoms with Gasteiger partial charge in [-0.05, 0) is 136 Å². The minimum absolute atomic E-state index is 0.0152. The molecule has 5 aliphatic rings. The Morgan fingerprint density at radius 3 is 1.65 bits per heavy atom. The smallest absolute Gasteiger partial charge is 0.194 e. The number of allylic oxidation sites excluding steroid dienone is 14. The molecule has 2 N–H and O–H groups in total. The monoisotopic (exact) mass is 923 g/mol. The maximum Gasteiger partial charge on any atom is 0.194 e. The summed E-state index contributed by atoms with van der Waals surface area (Å²) in [6, 6.07) is 22.2. The van der Waals surface area contributed by atoms with Crippen LogP contribution in [0.3, 0.4) is 0 Å². The number of Topliss-reactive ketones (excluding diaryl/α,β-unsaturated/α-hetero) is 1. The first-order chi connectivity index (χ1) is 33.6. The largest absolute Gasteiger partial charge is 0.390 e. The van der Waals surface area contributed by atoms with Crippen LogP contribution in [0.1, 0.15) is 192 Å². The zero-order valence-electron chi connectivity index (χ0n) is 43.7. The first-order valence-electron chi connectivity index (χ1n) is 26.2. The van der Waals surface area contributed by atoms with Crippen molar-refractivity contribution >= 4 is 22.5 Å². The van der Waals surface area contributed by atoms with Crippen molar-refractivity contribution in [3.63, 3.8) is 0 Å². The molecule has 1 atom stereocenters. The van der Waals surface area contributed by atoms with Gasteiger partial charge in [-0.15, -0.1) is 0 Å². The lowest BCUT2D eigenvalue weighted by molar-refractivity contribution is 0.104. The van der Waals surface area contributed by atoms with Crippen molar-refractivity contribution in [2.45, 2.75) is 165 Å². The van der Waals surface area contributed by atoms with Gasteiger partial charge in [0.15, 0.2) is 5.78 Å². The third kappa shape index (κ3) is 16.2. The highest BCUT2D eigenvalue weighted by molar-refractivity contribution is 6.27. The fourth-order valence-corrected chi connectivity index (χ4v) is 11.1. The Balaban J connectivity index is 0.000000741. The quantitative estimate of drug-likeness (QED) is 0.139. The van der Waals surface area contributed by atoms with Crippen LogP contribution in [-0.2, 0) is 0 Å². The van der Waals surface area contributed by atoms with E-state index in [-0.39, 0.29) is 11.5 Å². The van der Waals surface area contributed by atoms with E-state index in [1.165, 1.54) is 102 Å². The topological polar surface area (TPSA) is 114 Å². The van der Waals surface area contributed by atoms with E-state index in [9.17, 15) is 15.3 Å². The number of hydrogen-bond donors (Lipinski definition) is 1.